The molecule has 1 aliphatic heterocycles. The van der Waals surface area contributed by atoms with Crippen LogP contribution in [0.25, 0.3) is 0 Å². The van der Waals surface area contributed by atoms with E-state index in [9.17, 15) is 13.2 Å². The Morgan fingerprint density at radius 2 is 1.86 bits per heavy atom. The summed E-state index contributed by atoms with van der Waals surface area (Å²) >= 11 is 5.43. The Balaban J connectivity index is 1.57. The van der Waals surface area contributed by atoms with Crippen molar-refractivity contribution in [3.63, 3.8) is 0 Å². The fourth-order valence-electron chi connectivity index (χ4n) is 2.70. The minimum Gasteiger partial charge on any atom is -0.486 e. The highest BCUT2D eigenvalue weighted by molar-refractivity contribution is 7.80. The van der Waals surface area contributed by atoms with Crippen molar-refractivity contribution < 1.29 is 27.4 Å². The maximum atomic E-state index is 12.2. The molecule has 2 aromatic carbocycles. The quantitative estimate of drug-likeness (QED) is 0.733. The molecule has 0 aliphatic carbocycles. The minimum absolute atomic E-state index is 0.197. The van der Waals surface area contributed by atoms with Crippen LogP contribution in [0.2, 0.25) is 0 Å². The molecule has 0 fully saturated rings. The van der Waals surface area contributed by atoms with Gasteiger partial charge in [-0.15, -0.1) is 13.2 Å². The van der Waals surface area contributed by atoms with E-state index in [0.29, 0.717) is 42.0 Å². The van der Waals surface area contributed by atoms with Crippen LogP contribution in [0, 0.1) is 0 Å². The summed E-state index contributed by atoms with van der Waals surface area (Å²) in [6.45, 7) is 3.49. The molecule has 0 saturated carbocycles. The number of fused-ring (bicyclic) bond motifs is 1. The Hall–Kier alpha value is -2.68. The third-order valence-corrected chi connectivity index (χ3v) is 4.36. The van der Waals surface area contributed by atoms with Gasteiger partial charge >= 0.3 is 6.36 Å². The highest BCUT2D eigenvalue weighted by Crippen LogP contribution is 2.31. The number of likely N-dealkylation sites (N-methyl/N-ethyl adjacent to an activating group) is 1. The minimum atomic E-state index is -4.72. The lowest BCUT2D eigenvalue weighted by molar-refractivity contribution is -0.274. The number of alkyl halides is 3. The molecule has 28 heavy (non-hydrogen) atoms. The van der Waals surface area contributed by atoms with Crippen LogP contribution in [-0.4, -0.2) is 42.2 Å². The average Bonchev–Trinajstić information content (AvgIpc) is 2.66. The molecule has 1 atom stereocenters. The number of benzene rings is 2. The largest absolute Gasteiger partial charge is 0.573 e. The van der Waals surface area contributed by atoms with Crippen LogP contribution in [0.1, 0.15) is 6.92 Å². The number of nitrogens with zero attached hydrogens (tertiary/aromatic N) is 1. The summed E-state index contributed by atoms with van der Waals surface area (Å²) in [5.74, 6) is 1.11. The Morgan fingerprint density at radius 3 is 2.50 bits per heavy atom. The van der Waals surface area contributed by atoms with Gasteiger partial charge < -0.3 is 24.4 Å². The predicted octanol–water partition coefficient (Wildman–Crippen LogP) is 4.44. The fourth-order valence-corrected chi connectivity index (χ4v) is 3.02. The molecule has 0 saturated heterocycles. The molecule has 2 aromatic rings. The normalized spacial score (nSPS) is 15.6. The molecule has 9 heteroatoms. The molecule has 1 aliphatic rings. The smallest absolute Gasteiger partial charge is 0.486 e. The number of ether oxygens (including phenoxy) is 3. The van der Waals surface area contributed by atoms with E-state index in [0.717, 1.165) is 0 Å². The average molecular weight is 412 g/mol. The van der Waals surface area contributed by atoms with Crippen LogP contribution in [-0.2, 0) is 0 Å². The molecule has 3 rings (SSSR count). The first-order valence-corrected chi connectivity index (χ1v) is 9.05. The van der Waals surface area contributed by atoms with Gasteiger partial charge in [-0.25, -0.2) is 0 Å². The zero-order chi connectivity index (χ0) is 20.1. The molecule has 1 N–H and O–H groups in total. The van der Waals surface area contributed by atoms with Gasteiger partial charge in [-0.05, 0) is 55.5 Å². The van der Waals surface area contributed by atoms with Crippen LogP contribution in [0.5, 0.6) is 17.2 Å². The molecule has 1 heterocycles. The number of hydrogen-bond acceptors (Lipinski definition) is 4. The van der Waals surface area contributed by atoms with Crippen LogP contribution in [0.3, 0.4) is 0 Å². The molecule has 0 aromatic heterocycles. The highest BCUT2D eigenvalue weighted by atomic mass is 32.1. The molecule has 5 nitrogen and oxygen atoms in total. The van der Waals surface area contributed by atoms with Gasteiger partial charge in [0, 0.05) is 12.2 Å². The van der Waals surface area contributed by atoms with E-state index in [1.165, 1.54) is 24.3 Å². The lowest BCUT2D eigenvalue weighted by atomic mass is 10.2. The third kappa shape index (κ3) is 5.41. The SMILES string of the molecule is CCN(C[C@H]1COc2ccccc2O1)C(=S)Nc1ccc(OC(F)(F)F)cc1. The van der Waals surface area contributed by atoms with Gasteiger partial charge in [0.15, 0.2) is 22.7 Å². The summed E-state index contributed by atoms with van der Waals surface area (Å²) < 4.78 is 52.2. The molecule has 0 radical (unpaired) electrons. The summed E-state index contributed by atoms with van der Waals surface area (Å²) in [5, 5.41) is 3.46. The first-order chi connectivity index (χ1) is 13.3. The van der Waals surface area contributed by atoms with E-state index in [-0.39, 0.29) is 11.9 Å². The maximum Gasteiger partial charge on any atom is 0.573 e. The Bertz CT molecular complexity index is 815. The zero-order valence-electron chi connectivity index (χ0n) is 15.0. The first kappa shape index (κ1) is 20.1. The summed E-state index contributed by atoms with van der Waals surface area (Å²) in [7, 11) is 0. The van der Waals surface area contributed by atoms with Gasteiger partial charge in [0.05, 0.1) is 6.54 Å². The second kappa shape index (κ2) is 8.55. The van der Waals surface area contributed by atoms with Crippen molar-refractivity contribution in [2.75, 3.05) is 25.0 Å². The topological polar surface area (TPSA) is 43.0 Å². The van der Waals surface area contributed by atoms with Crippen molar-refractivity contribution in [3.05, 3.63) is 48.5 Å². The van der Waals surface area contributed by atoms with Gasteiger partial charge in [-0.2, -0.15) is 0 Å². The third-order valence-electron chi connectivity index (χ3n) is 4.00. The van der Waals surface area contributed by atoms with Crippen molar-refractivity contribution in [3.8, 4) is 17.2 Å². The van der Waals surface area contributed by atoms with Crippen LogP contribution >= 0.6 is 12.2 Å². The summed E-state index contributed by atoms with van der Waals surface area (Å²) in [6.07, 6.45) is -4.92. The number of halogens is 3. The predicted molar refractivity (Wildman–Crippen MR) is 103 cm³/mol. The number of nitrogens with one attached hydrogen (secondary N) is 1. The van der Waals surface area contributed by atoms with E-state index in [4.69, 9.17) is 21.7 Å². The molecule has 0 bridgehead atoms. The number of para-hydroxylation sites is 2. The van der Waals surface area contributed by atoms with Gasteiger partial charge in [-0.1, -0.05) is 12.1 Å². The second-order valence-corrected chi connectivity index (χ2v) is 6.43. The van der Waals surface area contributed by atoms with E-state index < -0.39 is 6.36 Å². The highest BCUT2D eigenvalue weighted by Gasteiger charge is 2.31. The van der Waals surface area contributed by atoms with Crippen molar-refractivity contribution in [1.82, 2.24) is 4.90 Å². The van der Waals surface area contributed by atoms with Gasteiger partial charge in [-0.3, -0.25) is 0 Å². The Kier molecular flexibility index (Phi) is 6.13. The van der Waals surface area contributed by atoms with Crippen molar-refractivity contribution >= 4 is 23.0 Å². The number of thiocarbonyl (C=S) groups is 1. The number of rotatable bonds is 5. The molecule has 0 spiro atoms. The summed E-state index contributed by atoms with van der Waals surface area (Å²) in [4.78, 5) is 1.90. The number of hydrogen-bond donors (Lipinski definition) is 1. The lowest BCUT2D eigenvalue weighted by Gasteiger charge is -2.32. The summed E-state index contributed by atoms with van der Waals surface area (Å²) in [5.41, 5.74) is 0.559. The van der Waals surface area contributed by atoms with E-state index in [1.807, 2.05) is 36.1 Å². The van der Waals surface area contributed by atoms with Gasteiger partial charge in [0.2, 0.25) is 0 Å². The van der Waals surface area contributed by atoms with Crippen molar-refractivity contribution in [1.29, 1.82) is 0 Å². The van der Waals surface area contributed by atoms with Crippen molar-refractivity contribution in [2.24, 2.45) is 0 Å². The Labute approximate surface area is 166 Å². The Morgan fingerprint density at radius 1 is 1.18 bits per heavy atom. The molecule has 0 unspecified atom stereocenters. The van der Waals surface area contributed by atoms with E-state index >= 15 is 0 Å². The van der Waals surface area contributed by atoms with Crippen LogP contribution in [0.4, 0.5) is 18.9 Å². The van der Waals surface area contributed by atoms with Gasteiger partial charge in [0.1, 0.15) is 12.4 Å². The maximum absolute atomic E-state index is 12.2. The second-order valence-electron chi connectivity index (χ2n) is 6.04. The van der Waals surface area contributed by atoms with Crippen LogP contribution < -0.4 is 19.5 Å². The van der Waals surface area contributed by atoms with Crippen LogP contribution in [0.15, 0.2) is 48.5 Å². The van der Waals surface area contributed by atoms with E-state index in [2.05, 4.69) is 10.1 Å². The molecule has 150 valence electrons. The first-order valence-electron chi connectivity index (χ1n) is 8.64. The molecular formula is C19H19F3N2O3S. The van der Waals surface area contributed by atoms with Gasteiger partial charge in [0.25, 0.3) is 0 Å². The number of anilines is 1. The lowest BCUT2D eigenvalue weighted by Crippen LogP contribution is -2.45. The monoisotopic (exact) mass is 412 g/mol. The standard InChI is InChI=1S/C19H19F3N2O3S/c1-2-24(11-15-12-25-16-5-3-4-6-17(16)26-15)18(28)23-13-7-9-14(10-8-13)27-19(20,21)22/h3-10,15H,2,11-12H2,1H3,(H,23,28)/t15-/m0/s1. The van der Waals surface area contributed by atoms with E-state index in [1.54, 1.807) is 0 Å². The molecule has 0 amide bonds. The van der Waals surface area contributed by atoms with Crippen molar-refractivity contribution in [2.45, 2.75) is 19.4 Å². The fraction of sp³-hybridized carbons (Fsp3) is 0.316. The summed E-state index contributed by atoms with van der Waals surface area (Å²) in [6, 6.07) is 12.8. The molecular weight excluding hydrogens is 393 g/mol. The zero-order valence-corrected chi connectivity index (χ0v) is 15.8.